The second kappa shape index (κ2) is 4.23. The highest BCUT2D eigenvalue weighted by atomic mass is 16.3. The highest BCUT2D eigenvalue weighted by molar-refractivity contribution is 5.72. The van der Waals surface area contributed by atoms with Crippen molar-refractivity contribution in [2.45, 2.75) is 6.54 Å². The standard InChI is InChI=1S/C12H15N3O/c1-2-11-12(16-9-14-11)7-10(1)8-15-5-3-13-4-6-15/h1-2,7,9,13H,3-6,8H2. The van der Waals surface area contributed by atoms with Crippen LogP contribution in [0.25, 0.3) is 11.1 Å². The number of nitrogens with one attached hydrogen (secondary N) is 1. The molecule has 1 fully saturated rings. The molecular weight excluding hydrogens is 202 g/mol. The Morgan fingerprint density at radius 3 is 3.06 bits per heavy atom. The molecule has 0 radical (unpaired) electrons. The molecule has 0 saturated carbocycles. The van der Waals surface area contributed by atoms with Gasteiger partial charge in [-0.3, -0.25) is 4.90 Å². The maximum atomic E-state index is 5.31. The van der Waals surface area contributed by atoms with Crippen LogP contribution in [0.1, 0.15) is 5.56 Å². The topological polar surface area (TPSA) is 41.3 Å². The molecule has 2 heterocycles. The Labute approximate surface area is 94.3 Å². The fourth-order valence-electron chi connectivity index (χ4n) is 2.13. The molecule has 4 heteroatoms. The predicted molar refractivity (Wildman–Crippen MR) is 62.2 cm³/mol. The van der Waals surface area contributed by atoms with Crippen LogP contribution in [0, 0.1) is 0 Å². The maximum absolute atomic E-state index is 5.31. The van der Waals surface area contributed by atoms with Crippen molar-refractivity contribution in [3.05, 3.63) is 30.2 Å². The Balaban J connectivity index is 1.77. The number of rotatable bonds is 2. The van der Waals surface area contributed by atoms with Crippen molar-refractivity contribution in [2.24, 2.45) is 0 Å². The van der Waals surface area contributed by atoms with E-state index < -0.39 is 0 Å². The van der Waals surface area contributed by atoms with Crippen LogP contribution in [-0.2, 0) is 6.54 Å². The van der Waals surface area contributed by atoms with Gasteiger partial charge in [-0.1, -0.05) is 6.07 Å². The average Bonchev–Trinajstić information content (AvgIpc) is 2.77. The van der Waals surface area contributed by atoms with Crippen LogP contribution in [0.2, 0.25) is 0 Å². The third kappa shape index (κ3) is 1.94. The van der Waals surface area contributed by atoms with Gasteiger partial charge in [-0.05, 0) is 17.7 Å². The van der Waals surface area contributed by atoms with E-state index in [2.05, 4.69) is 27.3 Å². The molecule has 1 aliphatic rings. The summed E-state index contributed by atoms with van der Waals surface area (Å²) < 4.78 is 5.31. The first-order valence-corrected chi connectivity index (χ1v) is 5.67. The summed E-state index contributed by atoms with van der Waals surface area (Å²) in [6, 6.07) is 6.24. The first kappa shape index (κ1) is 9.81. The molecule has 0 spiro atoms. The molecule has 0 amide bonds. The summed E-state index contributed by atoms with van der Waals surface area (Å²) in [5.41, 5.74) is 3.11. The Kier molecular flexibility index (Phi) is 2.60. The Bertz CT molecular complexity index is 474. The number of aromatic nitrogens is 1. The Morgan fingerprint density at radius 1 is 1.31 bits per heavy atom. The average molecular weight is 217 g/mol. The van der Waals surface area contributed by atoms with Gasteiger partial charge >= 0.3 is 0 Å². The highest BCUT2D eigenvalue weighted by Crippen LogP contribution is 2.15. The molecule has 16 heavy (non-hydrogen) atoms. The first-order valence-electron chi connectivity index (χ1n) is 5.67. The van der Waals surface area contributed by atoms with Crippen LogP contribution in [0.15, 0.2) is 29.0 Å². The van der Waals surface area contributed by atoms with Crippen LogP contribution in [0.5, 0.6) is 0 Å². The summed E-state index contributed by atoms with van der Waals surface area (Å²) in [5.74, 6) is 0. The van der Waals surface area contributed by atoms with E-state index in [9.17, 15) is 0 Å². The molecule has 4 nitrogen and oxygen atoms in total. The minimum absolute atomic E-state index is 0.882. The van der Waals surface area contributed by atoms with E-state index in [0.29, 0.717) is 0 Å². The van der Waals surface area contributed by atoms with Crippen molar-refractivity contribution in [2.75, 3.05) is 26.2 Å². The molecule has 84 valence electrons. The van der Waals surface area contributed by atoms with Gasteiger partial charge in [-0.25, -0.2) is 4.98 Å². The van der Waals surface area contributed by atoms with Crippen molar-refractivity contribution in [1.29, 1.82) is 0 Å². The van der Waals surface area contributed by atoms with Crippen LogP contribution >= 0.6 is 0 Å². The smallest absolute Gasteiger partial charge is 0.181 e. The van der Waals surface area contributed by atoms with Crippen molar-refractivity contribution >= 4 is 11.1 Å². The van der Waals surface area contributed by atoms with Gasteiger partial charge in [0.15, 0.2) is 12.0 Å². The molecule has 0 bridgehead atoms. The van der Waals surface area contributed by atoms with Gasteiger partial charge in [0.2, 0.25) is 0 Å². The van der Waals surface area contributed by atoms with Gasteiger partial charge in [0.1, 0.15) is 5.52 Å². The third-order valence-corrected chi connectivity index (χ3v) is 3.01. The SMILES string of the molecule is c1nc2ccc(CN3CCNCC3)cc2o1. The van der Waals surface area contributed by atoms with Gasteiger partial charge in [0.25, 0.3) is 0 Å². The lowest BCUT2D eigenvalue weighted by Gasteiger charge is -2.27. The second-order valence-electron chi connectivity index (χ2n) is 4.18. The van der Waals surface area contributed by atoms with Gasteiger partial charge in [0.05, 0.1) is 0 Å². The van der Waals surface area contributed by atoms with Crippen LogP contribution < -0.4 is 5.32 Å². The fourth-order valence-corrected chi connectivity index (χ4v) is 2.13. The monoisotopic (exact) mass is 217 g/mol. The zero-order chi connectivity index (χ0) is 10.8. The van der Waals surface area contributed by atoms with E-state index in [1.54, 1.807) is 0 Å². The molecule has 1 N–H and O–H groups in total. The summed E-state index contributed by atoms with van der Waals surface area (Å²) in [6.45, 7) is 5.41. The van der Waals surface area contributed by atoms with Crippen LogP contribution in [0.3, 0.4) is 0 Å². The van der Waals surface area contributed by atoms with Crippen molar-refractivity contribution in [3.63, 3.8) is 0 Å². The molecule has 2 aromatic rings. The molecular formula is C12H15N3O. The number of piperazine rings is 1. The van der Waals surface area contributed by atoms with Crippen molar-refractivity contribution in [1.82, 2.24) is 15.2 Å². The third-order valence-electron chi connectivity index (χ3n) is 3.01. The summed E-state index contributed by atoms with van der Waals surface area (Å²) in [7, 11) is 0. The minimum atomic E-state index is 0.882. The Hall–Kier alpha value is -1.39. The molecule has 1 aliphatic heterocycles. The lowest BCUT2D eigenvalue weighted by molar-refractivity contribution is 0.233. The van der Waals surface area contributed by atoms with E-state index in [-0.39, 0.29) is 0 Å². The fraction of sp³-hybridized carbons (Fsp3) is 0.417. The lowest BCUT2D eigenvalue weighted by Crippen LogP contribution is -2.42. The molecule has 0 atom stereocenters. The lowest BCUT2D eigenvalue weighted by atomic mass is 10.2. The number of fused-ring (bicyclic) bond motifs is 1. The molecule has 0 aliphatic carbocycles. The largest absolute Gasteiger partial charge is 0.443 e. The summed E-state index contributed by atoms with van der Waals surface area (Å²) in [6.07, 6.45) is 1.50. The number of oxazole rings is 1. The second-order valence-corrected chi connectivity index (χ2v) is 4.18. The van der Waals surface area contributed by atoms with Crippen LogP contribution in [-0.4, -0.2) is 36.1 Å². The van der Waals surface area contributed by atoms with Gasteiger partial charge in [-0.2, -0.15) is 0 Å². The molecule has 1 saturated heterocycles. The van der Waals surface area contributed by atoms with Crippen LogP contribution in [0.4, 0.5) is 0 Å². The van der Waals surface area contributed by atoms with Crippen molar-refractivity contribution < 1.29 is 4.42 Å². The Morgan fingerprint density at radius 2 is 2.19 bits per heavy atom. The zero-order valence-electron chi connectivity index (χ0n) is 9.15. The minimum Gasteiger partial charge on any atom is -0.443 e. The number of nitrogens with zero attached hydrogens (tertiary/aromatic N) is 2. The van der Waals surface area contributed by atoms with E-state index >= 15 is 0 Å². The van der Waals surface area contributed by atoms with E-state index in [1.807, 2.05) is 6.07 Å². The van der Waals surface area contributed by atoms with E-state index in [0.717, 1.165) is 43.8 Å². The number of hydrogen-bond donors (Lipinski definition) is 1. The van der Waals surface area contributed by atoms with Gasteiger partial charge in [-0.15, -0.1) is 0 Å². The van der Waals surface area contributed by atoms with Crippen molar-refractivity contribution in [3.8, 4) is 0 Å². The molecule has 3 rings (SSSR count). The summed E-state index contributed by atoms with van der Waals surface area (Å²) in [5, 5.41) is 3.36. The highest BCUT2D eigenvalue weighted by Gasteiger charge is 2.10. The van der Waals surface area contributed by atoms with E-state index in [4.69, 9.17) is 4.42 Å². The van der Waals surface area contributed by atoms with Gasteiger partial charge < -0.3 is 9.73 Å². The maximum Gasteiger partial charge on any atom is 0.181 e. The summed E-state index contributed by atoms with van der Waals surface area (Å²) in [4.78, 5) is 6.57. The zero-order valence-corrected chi connectivity index (χ0v) is 9.15. The first-order chi connectivity index (χ1) is 7.92. The number of benzene rings is 1. The normalized spacial score (nSPS) is 18.0. The predicted octanol–water partition coefficient (Wildman–Crippen LogP) is 1.23. The summed E-state index contributed by atoms with van der Waals surface area (Å²) >= 11 is 0. The quantitative estimate of drug-likeness (QED) is 0.821. The van der Waals surface area contributed by atoms with Gasteiger partial charge in [0, 0.05) is 32.7 Å². The molecule has 0 unspecified atom stereocenters. The van der Waals surface area contributed by atoms with E-state index in [1.165, 1.54) is 12.0 Å². The molecule has 1 aromatic carbocycles. The molecule has 1 aromatic heterocycles. The number of hydrogen-bond acceptors (Lipinski definition) is 4.